The van der Waals surface area contributed by atoms with Crippen LogP contribution in [-0.2, 0) is 25.6 Å². The first-order chi connectivity index (χ1) is 16.2. The minimum Gasteiger partial charge on any atom is -0.480 e. The van der Waals surface area contributed by atoms with Crippen molar-refractivity contribution >= 4 is 34.6 Å². The fourth-order valence-corrected chi connectivity index (χ4v) is 4.28. The van der Waals surface area contributed by atoms with Crippen LogP contribution >= 0.6 is 0 Å². The van der Waals surface area contributed by atoms with Crippen molar-refractivity contribution in [3.8, 4) is 0 Å². The van der Waals surface area contributed by atoms with Crippen LogP contribution < -0.4 is 16.4 Å². The molecule has 0 saturated carbocycles. The molecule has 3 rings (SSSR count). The van der Waals surface area contributed by atoms with Crippen LogP contribution in [-0.4, -0.2) is 69.9 Å². The molecule has 4 atom stereocenters. The lowest BCUT2D eigenvalue weighted by molar-refractivity contribution is -0.143. The minimum atomic E-state index is -1.16. The Hall–Kier alpha value is -3.40. The van der Waals surface area contributed by atoms with Crippen LogP contribution in [0.15, 0.2) is 30.5 Å². The molecule has 1 fully saturated rings. The van der Waals surface area contributed by atoms with Crippen molar-refractivity contribution in [3.05, 3.63) is 36.0 Å². The quantitative estimate of drug-likeness (QED) is 0.344. The van der Waals surface area contributed by atoms with Gasteiger partial charge in [0, 0.05) is 30.1 Å². The van der Waals surface area contributed by atoms with E-state index < -0.39 is 42.5 Å². The zero-order chi connectivity index (χ0) is 24.8. The number of amides is 3. The smallest absolute Gasteiger partial charge is 0.322 e. The predicted octanol–water partition coefficient (Wildman–Crippen LogP) is 0.760. The molecule has 6 N–H and O–H groups in total. The van der Waals surface area contributed by atoms with Gasteiger partial charge in [-0.05, 0) is 30.4 Å². The number of aromatic amines is 1. The average molecular weight is 472 g/mol. The molecule has 4 unspecified atom stereocenters. The van der Waals surface area contributed by atoms with Crippen molar-refractivity contribution in [2.45, 2.75) is 57.7 Å². The van der Waals surface area contributed by atoms with Crippen molar-refractivity contribution < 1.29 is 24.3 Å². The largest absolute Gasteiger partial charge is 0.480 e. The van der Waals surface area contributed by atoms with Gasteiger partial charge in [0.1, 0.15) is 18.6 Å². The molecule has 10 heteroatoms. The molecule has 1 aliphatic rings. The number of carboxylic acid groups (broad SMARTS) is 1. The lowest BCUT2D eigenvalue weighted by Gasteiger charge is -2.29. The minimum absolute atomic E-state index is 0.0647. The molecule has 1 saturated heterocycles. The van der Waals surface area contributed by atoms with E-state index in [2.05, 4.69) is 15.6 Å². The number of para-hydroxylation sites is 1. The van der Waals surface area contributed by atoms with E-state index in [0.29, 0.717) is 25.8 Å². The second-order valence-corrected chi connectivity index (χ2v) is 8.84. The number of aromatic nitrogens is 1. The summed E-state index contributed by atoms with van der Waals surface area (Å²) < 4.78 is 0. The number of nitrogens with one attached hydrogen (secondary N) is 3. The predicted molar refractivity (Wildman–Crippen MR) is 127 cm³/mol. The molecular formula is C24H33N5O5. The van der Waals surface area contributed by atoms with Gasteiger partial charge in [0.15, 0.2) is 0 Å². The van der Waals surface area contributed by atoms with Crippen LogP contribution in [0.1, 0.15) is 38.7 Å². The van der Waals surface area contributed by atoms with E-state index in [-0.39, 0.29) is 18.2 Å². The summed E-state index contributed by atoms with van der Waals surface area (Å²) in [5, 5.41) is 15.0. The summed E-state index contributed by atoms with van der Waals surface area (Å²) in [6.45, 7) is 3.65. The highest BCUT2D eigenvalue weighted by Gasteiger charge is 2.38. The first-order valence-corrected chi connectivity index (χ1v) is 11.6. The van der Waals surface area contributed by atoms with Gasteiger partial charge < -0.3 is 31.4 Å². The Kier molecular flexibility index (Phi) is 8.27. The van der Waals surface area contributed by atoms with Crippen LogP contribution in [0.3, 0.4) is 0 Å². The average Bonchev–Trinajstić information content (AvgIpc) is 3.48. The van der Waals surface area contributed by atoms with E-state index in [1.165, 1.54) is 4.90 Å². The van der Waals surface area contributed by atoms with Crippen molar-refractivity contribution in [2.24, 2.45) is 11.7 Å². The normalized spacial score (nSPS) is 18.3. The Morgan fingerprint density at radius 1 is 1.26 bits per heavy atom. The van der Waals surface area contributed by atoms with Crippen LogP contribution in [0.5, 0.6) is 0 Å². The molecule has 1 aliphatic heterocycles. The molecule has 1 aromatic carbocycles. The third kappa shape index (κ3) is 5.74. The topological polar surface area (TPSA) is 158 Å². The summed E-state index contributed by atoms with van der Waals surface area (Å²) in [4.78, 5) is 54.5. The summed E-state index contributed by atoms with van der Waals surface area (Å²) in [6, 6.07) is 5.20. The first kappa shape index (κ1) is 25.2. The van der Waals surface area contributed by atoms with Crippen LogP contribution in [0.4, 0.5) is 0 Å². The Morgan fingerprint density at radius 2 is 2.00 bits per heavy atom. The molecule has 34 heavy (non-hydrogen) atoms. The van der Waals surface area contributed by atoms with Crippen molar-refractivity contribution in [2.75, 3.05) is 13.1 Å². The maximum Gasteiger partial charge on any atom is 0.322 e. The standard InChI is InChI=1S/C24H33N5O5/c1-3-14(2)21(25)23(33)28-18(11-15-12-26-17-8-5-4-7-16(15)17)24(34)29-10-6-9-19(29)22(32)27-13-20(30)31/h4-5,7-8,12,14,18-19,21,26H,3,6,9-11,13,25H2,1-2H3,(H,27,32)(H,28,33)(H,30,31). The van der Waals surface area contributed by atoms with Gasteiger partial charge in [-0.3, -0.25) is 19.2 Å². The van der Waals surface area contributed by atoms with Gasteiger partial charge in [0.2, 0.25) is 17.7 Å². The maximum atomic E-state index is 13.6. The molecule has 3 amide bonds. The Morgan fingerprint density at radius 3 is 2.71 bits per heavy atom. The summed E-state index contributed by atoms with van der Waals surface area (Å²) in [5.74, 6) is -2.54. The molecule has 0 spiro atoms. The number of carboxylic acids is 1. The molecule has 10 nitrogen and oxygen atoms in total. The molecule has 1 aromatic heterocycles. The monoisotopic (exact) mass is 471 g/mol. The fraction of sp³-hybridized carbons (Fsp3) is 0.500. The van der Waals surface area contributed by atoms with E-state index in [0.717, 1.165) is 16.5 Å². The van der Waals surface area contributed by atoms with E-state index >= 15 is 0 Å². The van der Waals surface area contributed by atoms with Crippen LogP contribution in [0.25, 0.3) is 10.9 Å². The zero-order valence-corrected chi connectivity index (χ0v) is 19.5. The van der Waals surface area contributed by atoms with Crippen molar-refractivity contribution in [1.29, 1.82) is 0 Å². The number of benzene rings is 1. The van der Waals surface area contributed by atoms with Gasteiger partial charge in [-0.25, -0.2) is 0 Å². The number of H-pyrrole nitrogens is 1. The highest BCUT2D eigenvalue weighted by molar-refractivity contribution is 5.95. The van der Waals surface area contributed by atoms with E-state index in [1.807, 2.05) is 44.3 Å². The number of nitrogens with zero attached hydrogens (tertiary/aromatic N) is 1. The number of hydrogen-bond donors (Lipinski definition) is 5. The van der Waals surface area contributed by atoms with Gasteiger partial charge in [-0.15, -0.1) is 0 Å². The summed E-state index contributed by atoms with van der Waals surface area (Å²) in [6.07, 6.45) is 3.79. The summed E-state index contributed by atoms with van der Waals surface area (Å²) >= 11 is 0. The lowest BCUT2D eigenvalue weighted by Crippen LogP contribution is -2.57. The number of fused-ring (bicyclic) bond motifs is 1. The first-order valence-electron chi connectivity index (χ1n) is 11.6. The fourth-order valence-electron chi connectivity index (χ4n) is 4.28. The number of nitrogens with two attached hydrogens (primary N) is 1. The maximum absolute atomic E-state index is 13.6. The molecular weight excluding hydrogens is 438 g/mol. The number of likely N-dealkylation sites (tertiary alicyclic amines) is 1. The van der Waals surface area contributed by atoms with Gasteiger partial charge in [-0.2, -0.15) is 0 Å². The summed E-state index contributed by atoms with van der Waals surface area (Å²) in [7, 11) is 0. The Balaban J connectivity index is 1.84. The van der Waals surface area contributed by atoms with E-state index in [4.69, 9.17) is 10.8 Å². The number of aliphatic carboxylic acids is 1. The molecule has 2 heterocycles. The van der Waals surface area contributed by atoms with Crippen LogP contribution in [0.2, 0.25) is 0 Å². The third-order valence-corrected chi connectivity index (χ3v) is 6.53. The van der Waals surface area contributed by atoms with Gasteiger partial charge in [0.25, 0.3) is 0 Å². The number of carbonyl (C=O) groups excluding carboxylic acids is 3. The molecule has 0 radical (unpaired) electrons. The highest BCUT2D eigenvalue weighted by atomic mass is 16.4. The molecule has 0 bridgehead atoms. The highest BCUT2D eigenvalue weighted by Crippen LogP contribution is 2.23. The van der Waals surface area contributed by atoms with E-state index in [1.54, 1.807) is 0 Å². The van der Waals surface area contributed by atoms with Crippen LogP contribution in [0, 0.1) is 5.92 Å². The second-order valence-electron chi connectivity index (χ2n) is 8.84. The molecule has 0 aliphatic carbocycles. The summed E-state index contributed by atoms with van der Waals surface area (Å²) in [5.41, 5.74) is 7.89. The van der Waals surface area contributed by atoms with Crippen molar-refractivity contribution in [3.63, 3.8) is 0 Å². The third-order valence-electron chi connectivity index (χ3n) is 6.53. The van der Waals surface area contributed by atoms with Crippen molar-refractivity contribution in [1.82, 2.24) is 20.5 Å². The molecule has 184 valence electrons. The lowest BCUT2D eigenvalue weighted by atomic mass is 9.98. The van der Waals surface area contributed by atoms with Gasteiger partial charge >= 0.3 is 5.97 Å². The Bertz CT molecular complexity index is 1050. The zero-order valence-electron chi connectivity index (χ0n) is 19.5. The number of carbonyl (C=O) groups is 4. The second kappa shape index (κ2) is 11.1. The SMILES string of the molecule is CCC(C)C(N)C(=O)NC(Cc1c[nH]c2ccccc12)C(=O)N1CCCC1C(=O)NCC(=O)O. The van der Waals surface area contributed by atoms with Gasteiger partial charge in [0.05, 0.1) is 6.04 Å². The Labute approximate surface area is 198 Å². The number of rotatable bonds is 10. The molecule has 2 aromatic rings. The van der Waals surface area contributed by atoms with E-state index in [9.17, 15) is 19.2 Å². The number of hydrogen-bond acceptors (Lipinski definition) is 5. The van der Waals surface area contributed by atoms with Gasteiger partial charge in [-0.1, -0.05) is 38.5 Å².